The quantitative estimate of drug-likeness (QED) is 0.827. The maximum Gasteiger partial charge on any atom is 0.244 e. The lowest BCUT2D eigenvalue weighted by Crippen LogP contribution is -2.33. The summed E-state index contributed by atoms with van der Waals surface area (Å²) in [5, 5.41) is 2.72. The molecule has 2 N–H and O–H groups in total. The fourth-order valence-corrected chi connectivity index (χ4v) is 3.53. The Morgan fingerprint density at radius 1 is 1.04 bits per heavy atom. The molecular formula is C18H22N2O4S. The van der Waals surface area contributed by atoms with Gasteiger partial charge in [-0.15, -0.1) is 0 Å². The van der Waals surface area contributed by atoms with Crippen molar-refractivity contribution in [3.05, 3.63) is 53.1 Å². The largest absolute Gasteiger partial charge is 0.495 e. The van der Waals surface area contributed by atoms with E-state index in [0.717, 1.165) is 16.7 Å². The molecule has 0 bridgehead atoms. The summed E-state index contributed by atoms with van der Waals surface area (Å²) < 4.78 is 32.4. The summed E-state index contributed by atoms with van der Waals surface area (Å²) in [6.45, 7) is 5.21. The van der Waals surface area contributed by atoms with E-state index in [4.69, 9.17) is 4.74 Å². The Hall–Kier alpha value is -2.38. The zero-order valence-corrected chi connectivity index (χ0v) is 15.5. The van der Waals surface area contributed by atoms with Crippen LogP contribution in [0.25, 0.3) is 0 Å². The van der Waals surface area contributed by atoms with Crippen molar-refractivity contribution in [1.82, 2.24) is 4.72 Å². The lowest BCUT2D eigenvalue weighted by molar-refractivity contribution is -0.115. The van der Waals surface area contributed by atoms with Gasteiger partial charge in [0.05, 0.1) is 13.7 Å². The molecule has 0 radical (unpaired) electrons. The van der Waals surface area contributed by atoms with Gasteiger partial charge in [0.15, 0.2) is 0 Å². The zero-order valence-electron chi connectivity index (χ0n) is 14.7. The van der Waals surface area contributed by atoms with Gasteiger partial charge >= 0.3 is 0 Å². The number of aryl methyl sites for hydroxylation is 3. The highest BCUT2D eigenvalue weighted by molar-refractivity contribution is 7.89. The smallest absolute Gasteiger partial charge is 0.244 e. The lowest BCUT2D eigenvalue weighted by atomic mass is 10.1. The number of anilines is 1. The molecule has 1 amide bonds. The molecule has 134 valence electrons. The third-order valence-corrected chi connectivity index (χ3v) is 5.12. The normalized spacial score (nSPS) is 11.2. The van der Waals surface area contributed by atoms with Crippen LogP contribution in [0.15, 0.2) is 41.3 Å². The van der Waals surface area contributed by atoms with Gasteiger partial charge in [-0.2, -0.15) is 0 Å². The Morgan fingerprint density at radius 2 is 1.68 bits per heavy atom. The Morgan fingerprint density at radius 3 is 2.36 bits per heavy atom. The third-order valence-electron chi connectivity index (χ3n) is 3.70. The molecule has 0 saturated carbocycles. The van der Waals surface area contributed by atoms with E-state index >= 15 is 0 Å². The minimum atomic E-state index is -3.87. The molecule has 0 heterocycles. The van der Waals surface area contributed by atoms with E-state index in [-0.39, 0.29) is 17.2 Å². The predicted molar refractivity (Wildman–Crippen MR) is 97.5 cm³/mol. The molecule has 2 rings (SSSR count). The second-order valence-electron chi connectivity index (χ2n) is 5.85. The first-order chi connectivity index (χ1) is 11.7. The van der Waals surface area contributed by atoms with Crippen molar-refractivity contribution in [3.8, 4) is 5.75 Å². The number of benzene rings is 2. The second-order valence-corrected chi connectivity index (χ2v) is 7.58. The van der Waals surface area contributed by atoms with Crippen molar-refractivity contribution in [2.75, 3.05) is 19.0 Å². The molecule has 0 aliphatic rings. The Balaban J connectivity index is 2.10. The van der Waals surface area contributed by atoms with Crippen LogP contribution in [0.3, 0.4) is 0 Å². The molecule has 0 spiro atoms. The highest BCUT2D eigenvalue weighted by atomic mass is 32.2. The Kier molecular flexibility index (Phi) is 5.81. The monoisotopic (exact) mass is 362 g/mol. The molecule has 0 saturated heterocycles. The molecule has 2 aromatic carbocycles. The molecule has 2 aromatic rings. The highest BCUT2D eigenvalue weighted by Crippen LogP contribution is 2.24. The molecule has 7 heteroatoms. The van der Waals surface area contributed by atoms with Crippen LogP contribution in [0.2, 0.25) is 0 Å². The summed E-state index contributed by atoms with van der Waals surface area (Å²) in [5.41, 5.74) is 3.35. The highest BCUT2D eigenvalue weighted by Gasteiger charge is 2.20. The van der Waals surface area contributed by atoms with Crippen LogP contribution in [0, 0.1) is 20.8 Å². The number of amides is 1. The van der Waals surface area contributed by atoms with Crippen LogP contribution in [-0.4, -0.2) is 28.0 Å². The van der Waals surface area contributed by atoms with E-state index in [2.05, 4.69) is 10.0 Å². The van der Waals surface area contributed by atoms with Gasteiger partial charge in [-0.3, -0.25) is 4.79 Å². The van der Waals surface area contributed by atoms with Gasteiger partial charge in [0.1, 0.15) is 10.6 Å². The van der Waals surface area contributed by atoms with Crippen molar-refractivity contribution in [2.24, 2.45) is 0 Å². The van der Waals surface area contributed by atoms with Gasteiger partial charge in [-0.05, 0) is 55.7 Å². The first kappa shape index (κ1) is 19.0. The average Bonchev–Trinajstić information content (AvgIpc) is 2.56. The first-order valence-corrected chi connectivity index (χ1v) is 9.22. The summed E-state index contributed by atoms with van der Waals surface area (Å²) in [5.74, 6) is -0.211. The summed E-state index contributed by atoms with van der Waals surface area (Å²) in [4.78, 5) is 12.1. The van der Waals surface area contributed by atoms with Gasteiger partial charge in [-0.25, -0.2) is 13.1 Å². The maximum atomic E-state index is 12.5. The zero-order chi connectivity index (χ0) is 18.6. The van der Waals surface area contributed by atoms with E-state index in [1.807, 2.05) is 32.0 Å². The van der Waals surface area contributed by atoms with Crippen molar-refractivity contribution in [2.45, 2.75) is 25.7 Å². The molecular weight excluding hydrogens is 340 g/mol. The molecule has 0 aliphatic carbocycles. The summed E-state index contributed by atoms with van der Waals surface area (Å²) in [7, 11) is -2.47. The number of hydrogen-bond acceptors (Lipinski definition) is 4. The van der Waals surface area contributed by atoms with Crippen molar-refractivity contribution in [1.29, 1.82) is 0 Å². The van der Waals surface area contributed by atoms with Crippen molar-refractivity contribution in [3.63, 3.8) is 0 Å². The summed E-state index contributed by atoms with van der Waals surface area (Å²) in [6.07, 6.45) is 0. The molecule has 25 heavy (non-hydrogen) atoms. The first-order valence-electron chi connectivity index (χ1n) is 7.74. The van der Waals surface area contributed by atoms with Crippen LogP contribution >= 0.6 is 0 Å². The van der Waals surface area contributed by atoms with Crippen molar-refractivity contribution >= 4 is 21.6 Å². The van der Waals surface area contributed by atoms with Gasteiger partial charge in [0.2, 0.25) is 15.9 Å². The number of hydrogen-bond donors (Lipinski definition) is 2. The van der Waals surface area contributed by atoms with Gasteiger partial charge < -0.3 is 10.1 Å². The third kappa shape index (κ3) is 4.80. The second kappa shape index (κ2) is 7.67. The van der Waals surface area contributed by atoms with E-state index < -0.39 is 15.9 Å². The number of carbonyl (C=O) groups is 1. The van der Waals surface area contributed by atoms with Crippen LogP contribution in [-0.2, 0) is 14.8 Å². The molecule has 6 nitrogen and oxygen atoms in total. The topological polar surface area (TPSA) is 84.5 Å². The number of nitrogens with one attached hydrogen (secondary N) is 2. The Labute approximate surface area is 148 Å². The minimum absolute atomic E-state index is 0.00883. The molecule has 0 aliphatic heterocycles. The minimum Gasteiger partial charge on any atom is -0.495 e. The predicted octanol–water partition coefficient (Wildman–Crippen LogP) is 2.54. The number of methoxy groups -OCH3 is 1. The SMILES string of the molecule is COc1ccc(C)cc1S(=O)(=O)NCC(=O)Nc1cc(C)ccc1C. The number of carbonyl (C=O) groups excluding carboxylic acids is 1. The lowest BCUT2D eigenvalue weighted by Gasteiger charge is -2.12. The van der Waals surface area contributed by atoms with Crippen LogP contribution in [0.1, 0.15) is 16.7 Å². The fraction of sp³-hybridized carbons (Fsp3) is 0.278. The van der Waals surface area contributed by atoms with Crippen LogP contribution < -0.4 is 14.8 Å². The van der Waals surface area contributed by atoms with Crippen LogP contribution in [0.4, 0.5) is 5.69 Å². The maximum absolute atomic E-state index is 12.5. The summed E-state index contributed by atoms with van der Waals surface area (Å²) in [6, 6.07) is 10.5. The fourth-order valence-electron chi connectivity index (χ4n) is 2.30. The van der Waals surface area contributed by atoms with Crippen molar-refractivity contribution < 1.29 is 17.9 Å². The number of sulfonamides is 1. The van der Waals surface area contributed by atoms with Gasteiger partial charge in [0.25, 0.3) is 0 Å². The average molecular weight is 362 g/mol. The van der Waals surface area contributed by atoms with E-state index in [9.17, 15) is 13.2 Å². The van der Waals surface area contributed by atoms with Gasteiger partial charge in [0, 0.05) is 5.69 Å². The van der Waals surface area contributed by atoms with E-state index in [1.54, 1.807) is 19.1 Å². The van der Waals surface area contributed by atoms with Crippen LogP contribution in [0.5, 0.6) is 5.75 Å². The number of rotatable bonds is 6. The molecule has 0 aromatic heterocycles. The Bertz CT molecular complexity index is 892. The van der Waals surface area contributed by atoms with E-state index in [1.165, 1.54) is 13.2 Å². The van der Waals surface area contributed by atoms with E-state index in [0.29, 0.717) is 5.69 Å². The summed E-state index contributed by atoms with van der Waals surface area (Å²) >= 11 is 0. The number of ether oxygens (including phenoxy) is 1. The molecule has 0 atom stereocenters. The van der Waals surface area contributed by atoms with Gasteiger partial charge in [-0.1, -0.05) is 18.2 Å². The molecule has 0 unspecified atom stereocenters. The molecule has 0 fully saturated rings. The standard InChI is InChI=1S/C18H22N2O4S/c1-12-5-7-14(3)15(9-12)20-18(21)11-19-25(22,23)17-10-13(2)6-8-16(17)24-4/h5-10,19H,11H2,1-4H3,(H,20,21).